The number of hydrogen-bond donors (Lipinski definition) is 2. The Balaban J connectivity index is 2.92. The fourth-order valence-corrected chi connectivity index (χ4v) is 2.11. The number of rotatable bonds is 8. The van der Waals surface area contributed by atoms with Crippen LogP contribution in [0.4, 0.5) is 0 Å². The van der Waals surface area contributed by atoms with Gasteiger partial charge in [-0.1, -0.05) is 12.1 Å². The van der Waals surface area contributed by atoms with Crippen LogP contribution in [0, 0.1) is 6.92 Å². The average molecular weight is 293 g/mol. The molecule has 0 heterocycles. The summed E-state index contributed by atoms with van der Waals surface area (Å²) >= 11 is 0. The van der Waals surface area contributed by atoms with Crippen molar-refractivity contribution in [3.05, 3.63) is 42.0 Å². The van der Waals surface area contributed by atoms with Crippen LogP contribution in [0.3, 0.4) is 0 Å². The lowest BCUT2D eigenvalue weighted by Crippen LogP contribution is -2.37. The highest BCUT2D eigenvalue weighted by atomic mass is 16.5. The third-order valence-electron chi connectivity index (χ3n) is 3.28. The SMILES string of the molecule is C=CCNC(CC(=O)OC)C(O)c1ccc(OC)c(C)c1. The van der Waals surface area contributed by atoms with Gasteiger partial charge in [-0.2, -0.15) is 0 Å². The first-order valence-electron chi connectivity index (χ1n) is 6.77. The van der Waals surface area contributed by atoms with Crippen LogP contribution < -0.4 is 10.1 Å². The Bertz CT molecular complexity index is 487. The van der Waals surface area contributed by atoms with E-state index in [1.807, 2.05) is 13.0 Å². The molecule has 5 heteroatoms. The molecule has 0 aliphatic rings. The van der Waals surface area contributed by atoms with Crippen LogP contribution in [-0.2, 0) is 9.53 Å². The Labute approximate surface area is 125 Å². The zero-order chi connectivity index (χ0) is 15.8. The highest BCUT2D eigenvalue weighted by Crippen LogP contribution is 2.25. The van der Waals surface area contributed by atoms with Gasteiger partial charge in [0.1, 0.15) is 5.75 Å². The van der Waals surface area contributed by atoms with Gasteiger partial charge in [0, 0.05) is 12.6 Å². The van der Waals surface area contributed by atoms with E-state index in [1.165, 1.54) is 7.11 Å². The van der Waals surface area contributed by atoms with Crippen molar-refractivity contribution in [1.29, 1.82) is 0 Å². The molecule has 1 aromatic rings. The summed E-state index contributed by atoms with van der Waals surface area (Å²) in [7, 11) is 2.93. The minimum Gasteiger partial charge on any atom is -0.496 e. The summed E-state index contributed by atoms with van der Waals surface area (Å²) < 4.78 is 9.87. The Kier molecular flexibility index (Phi) is 6.91. The van der Waals surface area contributed by atoms with Crippen LogP contribution in [0.2, 0.25) is 0 Å². The molecule has 2 atom stereocenters. The summed E-state index contributed by atoms with van der Waals surface area (Å²) in [6.07, 6.45) is 0.931. The van der Waals surface area contributed by atoms with E-state index in [0.29, 0.717) is 6.54 Å². The third kappa shape index (κ3) is 4.88. The number of carbonyl (C=O) groups excluding carboxylic acids is 1. The van der Waals surface area contributed by atoms with Gasteiger partial charge in [0.25, 0.3) is 0 Å². The second-order valence-electron chi connectivity index (χ2n) is 4.76. The molecule has 116 valence electrons. The summed E-state index contributed by atoms with van der Waals surface area (Å²) in [6.45, 7) is 6.02. The second-order valence-corrected chi connectivity index (χ2v) is 4.76. The Hall–Kier alpha value is -1.85. The molecule has 0 aromatic heterocycles. The van der Waals surface area contributed by atoms with E-state index in [-0.39, 0.29) is 12.4 Å². The lowest BCUT2D eigenvalue weighted by Gasteiger charge is -2.23. The molecule has 0 amide bonds. The monoisotopic (exact) mass is 293 g/mol. The molecule has 21 heavy (non-hydrogen) atoms. The van der Waals surface area contributed by atoms with E-state index >= 15 is 0 Å². The Morgan fingerprint density at radius 2 is 2.19 bits per heavy atom. The van der Waals surface area contributed by atoms with Gasteiger partial charge in [0.2, 0.25) is 0 Å². The smallest absolute Gasteiger partial charge is 0.307 e. The number of aliphatic hydroxyl groups is 1. The predicted molar refractivity (Wildman–Crippen MR) is 81.3 cm³/mol. The van der Waals surface area contributed by atoms with Crippen molar-refractivity contribution in [3.63, 3.8) is 0 Å². The van der Waals surface area contributed by atoms with E-state index in [9.17, 15) is 9.90 Å². The molecular weight excluding hydrogens is 270 g/mol. The number of nitrogens with one attached hydrogen (secondary N) is 1. The molecule has 2 N–H and O–H groups in total. The van der Waals surface area contributed by atoms with Crippen LogP contribution >= 0.6 is 0 Å². The number of aliphatic hydroxyl groups excluding tert-OH is 1. The van der Waals surface area contributed by atoms with E-state index < -0.39 is 12.1 Å². The van der Waals surface area contributed by atoms with Gasteiger partial charge in [0.05, 0.1) is 26.7 Å². The molecule has 0 fully saturated rings. The molecular formula is C16H23NO4. The summed E-state index contributed by atoms with van der Waals surface area (Å²) in [5.41, 5.74) is 1.65. The Morgan fingerprint density at radius 1 is 1.48 bits per heavy atom. The standard InChI is InChI=1S/C16H23NO4/c1-5-8-17-13(10-15(18)21-4)16(19)12-6-7-14(20-3)11(2)9-12/h5-7,9,13,16-17,19H,1,8,10H2,2-4H3. The van der Waals surface area contributed by atoms with Crippen molar-refractivity contribution >= 4 is 5.97 Å². The van der Waals surface area contributed by atoms with Gasteiger partial charge in [0.15, 0.2) is 0 Å². The molecule has 0 bridgehead atoms. The second kappa shape index (κ2) is 8.44. The first kappa shape index (κ1) is 17.2. The number of aryl methyl sites for hydroxylation is 1. The van der Waals surface area contributed by atoms with Crippen molar-refractivity contribution in [2.45, 2.75) is 25.5 Å². The number of benzene rings is 1. The lowest BCUT2D eigenvalue weighted by molar-refractivity contribution is -0.142. The molecule has 1 rings (SSSR count). The zero-order valence-electron chi connectivity index (χ0n) is 12.8. The van der Waals surface area contributed by atoms with E-state index in [1.54, 1.807) is 25.3 Å². The van der Waals surface area contributed by atoms with Crippen LogP contribution in [0.15, 0.2) is 30.9 Å². The molecule has 0 saturated heterocycles. The largest absolute Gasteiger partial charge is 0.496 e. The van der Waals surface area contributed by atoms with Crippen LogP contribution in [0.5, 0.6) is 5.75 Å². The quantitative estimate of drug-likeness (QED) is 0.564. The van der Waals surface area contributed by atoms with E-state index in [2.05, 4.69) is 16.6 Å². The van der Waals surface area contributed by atoms with Crippen molar-refractivity contribution in [3.8, 4) is 5.75 Å². The van der Waals surface area contributed by atoms with Gasteiger partial charge in [-0.05, 0) is 30.2 Å². The highest BCUT2D eigenvalue weighted by molar-refractivity contribution is 5.70. The van der Waals surface area contributed by atoms with Crippen molar-refractivity contribution in [2.24, 2.45) is 0 Å². The fourth-order valence-electron chi connectivity index (χ4n) is 2.11. The molecule has 0 aliphatic heterocycles. The van der Waals surface area contributed by atoms with Crippen molar-refractivity contribution in [2.75, 3.05) is 20.8 Å². The minimum atomic E-state index is -0.825. The molecule has 0 saturated carbocycles. The van der Waals surface area contributed by atoms with Gasteiger partial charge in [-0.25, -0.2) is 0 Å². The zero-order valence-corrected chi connectivity index (χ0v) is 12.8. The van der Waals surface area contributed by atoms with Crippen molar-refractivity contribution < 1.29 is 19.4 Å². The normalized spacial score (nSPS) is 13.3. The van der Waals surface area contributed by atoms with Gasteiger partial charge >= 0.3 is 5.97 Å². The maximum Gasteiger partial charge on any atom is 0.307 e. The molecule has 0 spiro atoms. The predicted octanol–water partition coefficient (Wildman–Crippen LogP) is 1.74. The van der Waals surface area contributed by atoms with Crippen LogP contribution in [-0.4, -0.2) is 37.9 Å². The van der Waals surface area contributed by atoms with E-state index in [4.69, 9.17) is 4.74 Å². The summed E-state index contributed by atoms with van der Waals surface area (Å²) in [6, 6.07) is 5.00. The third-order valence-corrected chi connectivity index (χ3v) is 3.28. The van der Waals surface area contributed by atoms with Crippen molar-refractivity contribution in [1.82, 2.24) is 5.32 Å². The molecule has 0 radical (unpaired) electrons. The average Bonchev–Trinajstić information content (AvgIpc) is 2.50. The van der Waals surface area contributed by atoms with Gasteiger partial charge in [-0.3, -0.25) is 4.79 Å². The first-order valence-corrected chi connectivity index (χ1v) is 6.77. The Morgan fingerprint density at radius 3 is 2.71 bits per heavy atom. The molecule has 0 aliphatic carbocycles. The molecule has 2 unspecified atom stereocenters. The summed E-state index contributed by atoms with van der Waals surface area (Å²) in [4.78, 5) is 11.5. The molecule has 5 nitrogen and oxygen atoms in total. The topological polar surface area (TPSA) is 67.8 Å². The van der Waals surface area contributed by atoms with Gasteiger partial charge < -0.3 is 19.9 Å². The first-order chi connectivity index (χ1) is 10.0. The minimum absolute atomic E-state index is 0.0799. The maximum absolute atomic E-state index is 11.5. The summed E-state index contributed by atoms with van der Waals surface area (Å²) in [5, 5.41) is 13.6. The molecule has 1 aromatic carbocycles. The van der Waals surface area contributed by atoms with Gasteiger partial charge in [-0.15, -0.1) is 6.58 Å². The number of hydrogen-bond acceptors (Lipinski definition) is 5. The number of methoxy groups -OCH3 is 2. The highest BCUT2D eigenvalue weighted by Gasteiger charge is 2.24. The van der Waals surface area contributed by atoms with Crippen LogP contribution in [0.25, 0.3) is 0 Å². The number of esters is 1. The maximum atomic E-state index is 11.5. The van der Waals surface area contributed by atoms with E-state index in [0.717, 1.165) is 16.9 Å². The fraction of sp³-hybridized carbons (Fsp3) is 0.438. The number of carbonyl (C=O) groups is 1. The number of ether oxygens (including phenoxy) is 2. The summed E-state index contributed by atoms with van der Waals surface area (Å²) in [5.74, 6) is 0.385. The lowest BCUT2D eigenvalue weighted by atomic mass is 9.98. The van der Waals surface area contributed by atoms with Crippen LogP contribution in [0.1, 0.15) is 23.7 Å².